The summed E-state index contributed by atoms with van der Waals surface area (Å²) in [6.07, 6.45) is 12.0. The lowest BCUT2D eigenvalue weighted by molar-refractivity contribution is 0.328. The third-order valence-electron chi connectivity index (χ3n) is 5.07. The number of rotatable bonds is 16. The molecule has 0 aliphatic heterocycles. The molecule has 0 N–H and O–H groups in total. The Morgan fingerprint density at radius 1 is 0.630 bits per heavy atom. The molecule has 0 unspecified atom stereocenters. The van der Waals surface area contributed by atoms with Crippen LogP contribution in [0.4, 0.5) is 0 Å². The van der Waals surface area contributed by atoms with Crippen LogP contribution in [0.15, 0.2) is 0 Å². The molecule has 2 heteroatoms. The van der Waals surface area contributed by atoms with Crippen molar-refractivity contribution in [2.75, 3.05) is 6.61 Å². The lowest BCUT2D eigenvalue weighted by Gasteiger charge is -2.35. The molecule has 0 rings (SSSR count). The lowest BCUT2D eigenvalue weighted by Crippen LogP contribution is -2.42. The van der Waals surface area contributed by atoms with Crippen LogP contribution >= 0.6 is 0 Å². The summed E-state index contributed by atoms with van der Waals surface area (Å²) in [6, 6.07) is 3.84. The SMILES string of the molecule is CCCCCCCCCCC#CCO[Si](CC(C)C)(CC(C)C)CC(C)C. The van der Waals surface area contributed by atoms with Gasteiger partial charge in [0.15, 0.2) is 8.32 Å². The lowest BCUT2D eigenvalue weighted by atomic mass is 10.1. The summed E-state index contributed by atoms with van der Waals surface area (Å²) < 4.78 is 6.61. The molecule has 27 heavy (non-hydrogen) atoms. The maximum Gasteiger partial charge on any atom is 0.194 e. The molecule has 1 nitrogen and oxygen atoms in total. The Hall–Kier alpha value is -0.263. The zero-order valence-electron chi connectivity index (χ0n) is 19.8. The van der Waals surface area contributed by atoms with E-state index in [2.05, 4.69) is 60.3 Å². The third-order valence-corrected chi connectivity index (χ3v) is 10.5. The van der Waals surface area contributed by atoms with Gasteiger partial charge in [0, 0.05) is 6.42 Å². The first kappa shape index (κ1) is 26.7. The minimum absolute atomic E-state index is 0.662. The van der Waals surface area contributed by atoms with Crippen LogP contribution in [0.1, 0.15) is 106 Å². The van der Waals surface area contributed by atoms with Crippen molar-refractivity contribution >= 4 is 8.32 Å². The Balaban J connectivity index is 4.23. The van der Waals surface area contributed by atoms with Crippen LogP contribution < -0.4 is 0 Å². The first-order chi connectivity index (χ1) is 12.8. The van der Waals surface area contributed by atoms with E-state index < -0.39 is 8.32 Å². The highest BCUT2D eigenvalue weighted by Gasteiger charge is 2.36. The van der Waals surface area contributed by atoms with Crippen LogP contribution in [-0.2, 0) is 4.43 Å². The van der Waals surface area contributed by atoms with Gasteiger partial charge < -0.3 is 4.43 Å². The second-order valence-corrected chi connectivity index (χ2v) is 13.7. The van der Waals surface area contributed by atoms with Crippen LogP contribution in [0.3, 0.4) is 0 Å². The van der Waals surface area contributed by atoms with Crippen molar-refractivity contribution in [2.45, 2.75) is 124 Å². The third kappa shape index (κ3) is 16.4. The number of unbranched alkanes of at least 4 members (excludes halogenated alkanes) is 8. The van der Waals surface area contributed by atoms with Crippen molar-refractivity contribution in [1.82, 2.24) is 0 Å². The average molecular weight is 395 g/mol. The van der Waals surface area contributed by atoms with Gasteiger partial charge in [-0.1, -0.05) is 99.3 Å². The van der Waals surface area contributed by atoms with Gasteiger partial charge in [0.2, 0.25) is 0 Å². The smallest absolute Gasteiger partial charge is 0.194 e. The standard InChI is InChI=1S/C25H50OSi/c1-8-9-10-11-12-13-14-15-16-17-18-19-26-27(20-23(2)3,21-24(4)5)22-25(6)7/h23-25H,8-16,19-22H2,1-7H3. The van der Waals surface area contributed by atoms with Crippen LogP contribution in [0, 0.1) is 29.6 Å². The highest BCUT2D eigenvalue weighted by atomic mass is 28.4. The molecule has 0 aliphatic rings. The van der Waals surface area contributed by atoms with E-state index in [1.165, 1.54) is 69.5 Å². The van der Waals surface area contributed by atoms with E-state index in [1.54, 1.807) is 0 Å². The van der Waals surface area contributed by atoms with E-state index >= 15 is 0 Å². The summed E-state index contributed by atoms with van der Waals surface area (Å²) in [6.45, 7) is 17.0. The van der Waals surface area contributed by atoms with E-state index in [0.29, 0.717) is 6.61 Å². The topological polar surface area (TPSA) is 9.23 Å². The molecule has 0 aromatic carbocycles. The fourth-order valence-electron chi connectivity index (χ4n) is 4.33. The second-order valence-electron chi connectivity index (χ2n) is 9.84. The fourth-order valence-corrected chi connectivity index (χ4v) is 10.0. The van der Waals surface area contributed by atoms with Crippen LogP contribution in [0.25, 0.3) is 0 Å². The zero-order chi connectivity index (χ0) is 20.5. The van der Waals surface area contributed by atoms with E-state index in [9.17, 15) is 0 Å². The Labute approximate surface area is 173 Å². The summed E-state index contributed by atoms with van der Waals surface area (Å²) in [4.78, 5) is 0. The fraction of sp³-hybridized carbons (Fsp3) is 0.920. The Kier molecular flexibility index (Phi) is 16.5. The van der Waals surface area contributed by atoms with Crippen LogP contribution in [0.2, 0.25) is 18.1 Å². The van der Waals surface area contributed by atoms with Gasteiger partial charge in [-0.15, -0.1) is 5.92 Å². The molecule has 0 aliphatic carbocycles. The predicted octanol–water partition coefficient (Wildman–Crippen LogP) is 8.45. The summed E-state index contributed by atoms with van der Waals surface area (Å²) in [5.41, 5.74) is 0. The summed E-state index contributed by atoms with van der Waals surface area (Å²) >= 11 is 0. The van der Waals surface area contributed by atoms with Gasteiger partial charge >= 0.3 is 0 Å². The normalized spacial score (nSPS) is 12.1. The van der Waals surface area contributed by atoms with Crippen molar-refractivity contribution < 1.29 is 4.43 Å². The highest BCUT2D eigenvalue weighted by molar-refractivity contribution is 6.74. The molecule has 0 bridgehead atoms. The van der Waals surface area contributed by atoms with E-state index in [4.69, 9.17) is 4.43 Å². The monoisotopic (exact) mass is 394 g/mol. The first-order valence-corrected chi connectivity index (χ1v) is 14.4. The number of hydrogen-bond acceptors (Lipinski definition) is 1. The minimum atomic E-state index is -1.68. The molecule has 0 spiro atoms. The summed E-state index contributed by atoms with van der Waals surface area (Å²) in [5.74, 6) is 8.88. The van der Waals surface area contributed by atoms with E-state index in [1.807, 2.05) is 0 Å². The Morgan fingerprint density at radius 3 is 1.52 bits per heavy atom. The van der Waals surface area contributed by atoms with Crippen molar-refractivity contribution in [3.05, 3.63) is 0 Å². The van der Waals surface area contributed by atoms with Gasteiger partial charge in [0.05, 0.1) is 6.61 Å². The van der Waals surface area contributed by atoms with Crippen molar-refractivity contribution in [3.63, 3.8) is 0 Å². The van der Waals surface area contributed by atoms with Gasteiger partial charge in [-0.3, -0.25) is 0 Å². The Morgan fingerprint density at radius 2 is 1.07 bits per heavy atom. The molecule has 0 aromatic rings. The van der Waals surface area contributed by atoms with E-state index in [-0.39, 0.29) is 0 Å². The van der Waals surface area contributed by atoms with Gasteiger partial charge in [0.25, 0.3) is 0 Å². The summed E-state index contributed by atoms with van der Waals surface area (Å²) in [5, 5.41) is 0. The quantitative estimate of drug-likeness (QED) is 0.145. The largest absolute Gasteiger partial charge is 0.406 e. The highest BCUT2D eigenvalue weighted by Crippen LogP contribution is 2.33. The molecule has 0 heterocycles. The summed E-state index contributed by atoms with van der Waals surface area (Å²) in [7, 11) is -1.68. The maximum atomic E-state index is 6.61. The molecule has 0 atom stereocenters. The molecular weight excluding hydrogens is 344 g/mol. The molecule has 0 radical (unpaired) electrons. The van der Waals surface area contributed by atoms with Crippen LogP contribution in [0.5, 0.6) is 0 Å². The average Bonchev–Trinajstić information content (AvgIpc) is 2.53. The van der Waals surface area contributed by atoms with Gasteiger partial charge in [-0.25, -0.2) is 0 Å². The minimum Gasteiger partial charge on any atom is -0.406 e. The second kappa shape index (κ2) is 16.7. The molecular formula is C25H50OSi. The Bertz CT molecular complexity index is 362. The first-order valence-electron chi connectivity index (χ1n) is 11.9. The van der Waals surface area contributed by atoms with Crippen molar-refractivity contribution in [2.24, 2.45) is 17.8 Å². The van der Waals surface area contributed by atoms with E-state index in [0.717, 1.165) is 24.2 Å². The van der Waals surface area contributed by atoms with Gasteiger partial charge in [-0.05, 0) is 42.3 Å². The maximum absolute atomic E-state index is 6.61. The van der Waals surface area contributed by atoms with Crippen LogP contribution in [-0.4, -0.2) is 14.9 Å². The molecule has 0 saturated heterocycles. The molecule has 0 fully saturated rings. The van der Waals surface area contributed by atoms with Crippen molar-refractivity contribution in [3.8, 4) is 11.8 Å². The van der Waals surface area contributed by atoms with Gasteiger partial charge in [-0.2, -0.15) is 0 Å². The molecule has 0 saturated carbocycles. The zero-order valence-corrected chi connectivity index (χ0v) is 20.8. The number of hydrogen-bond donors (Lipinski definition) is 0. The molecule has 0 amide bonds. The molecule has 0 aromatic heterocycles. The molecule has 160 valence electrons. The van der Waals surface area contributed by atoms with Gasteiger partial charge in [0.1, 0.15) is 0 Å². The predicted molar refractivity (Wildman–Crippen MR) is 126 cm³/mol. The van der Waals surface area contributed by atoms with Crippen molar-refractivity contribution in [1.29, 1.82) is 0 Å².